The summed E-state index contributed by atoms with van der Waals surface area (Å²) >= 11 is 6.30. The number of benzene rings is 8. The third-order valence-corrected chi connectivity index (χ3v) is 39.2. The number of anilines is 1. The Kier molecular flexibility index (Phi) is 29.6. The molecule has 29 nitrogen and oxygen atoms in total. The zero-order chi connectivity index (χ0) is 105. The number of rotatable bonds is 32. The van der Waals surface area contributed by atoms with Crippen molar-refractivity contribution in [2.45, 2.75) is 227 Å². The van der Waals surface area contributed by atoms with E-state index in [1.54, 1.807) is 133 Å². The fourth-order valence-electron chi connectivity index (χ4n) is 21.9. The summed E-state index contributed by atoms with van der Waals surface area (Å²) in [7, 11) is -13.0. The van der Waals surface area contributed by atoms with E-state index in [4.69, 9.17) is 49.9 Å². The number of aromatic nitrogens is 4. The van der Waals surface area contributed by atoms with Crippen molar-refractivity contribution in [3.8, 4) is 68.0 Å². The number of aliphatic hydroxyl groups excluding tert-OH is 3. The van der Waals surface area contributed by atoms with Gasteiger partial charge in [0.05, 0.1) is 109 Å². The minimum atomic E-state index is -3.68. The Morgan fingerprint density at radius 1 is 0.420 bits per heavy atom. The van der Waals surface area contributed by atoms with Crippen LogP contribution in [0.25, 0.3) is 56.0 Å². The average Bonchev–Trinajstić information content (AvgIpc) is 1.59. The van der Waals surface area contributed by atoms with Gasteiger partial charge in [0, 0.05) is 140 Å². The van der Waals surface area contributed by atoms with Crippen molar-refractivity contribution in [2.24, 2.45) is 0 Å². The van der Waals surface area contributed by atoms with Gasteiger partial charge in [-0.05, 0) is 283 Å². The molecule has 788 valence electrons. The summed E-state index contributed by atoms with van der Waals surface area (Å²) in [6.45, 7) is 7.74. The van der Waals surface area contributed by atoms with Crippen LogP contribution < -0.4 is 24.3 Å². The number of sulfonamides is 4. The average molecular weight is 2130 g/mol. The first-order valence-corrected chi connectivity index (χ1v) is 57.5. The molecule has 4 saturated carbocycles. The molecule has 8 aromatic carbocycles. The number of furan rings is 1. The molecule has 10 aliphatic rings. The number of carbonyl (C=O) groups excluding carboxylic acids is 4. The van der Waals surface area contributed by atoms with Gasteiger partial charge in [-0.3, -0.25) is 34.1 Å². The van der Waals surface area contributed by atoms with Gasteiger partial charge < -0.3 is 44.0 Å². The number of carbonyl (C=O) groups is 4. The third kappa shape index (κ3) is 21.2. The van der Waals surface area contributed by atoms with Gasteiger partial charge in [0.1, 0.15) is 40.2 Å². The molecule has 4 N–H and O–H groups in total. The van der Waals surface area contributed by atoms with Crippen LogP contribution in [0.1, 0.15) is 181 Å². The fraction of sp³-hybridized carbons (Fsp3) is 0.362. The first-order valence-electron chi connectivity index (χ1n) is 51.4. The largest absolute Gasteiger partial charge is 0.495 e. The molecule has 23 rings (SSSR count). The summed E-state index contributed by atoms with van der Waals surface area (Å²) in [5, 5.41) is 33.1. The molecule has 8 fully saturated rings. The predicted octanol–water partition coefficient (Wildman–Crippen LogP) is 19.0. The molecule has 150 heavy (non-hydrogen) atoms. The van der Waals surface area contributed by atoms with Crippen molar-refractivity contribution in [3.63, 3.8) is 0 Å². The molecule has 4 saturated heterocycles. The highest BCUT2D eigenvalue weighted by Crippen LogP contribution is 2.56. The maximum atomic E-state index is 13.5. The topological polar surface area (TPSA) is 392 Å². The van der Waals surface area contributed by atoms with Crippen LogP contribution in [0, 0.1) is 0 Å². The molecule has 0 radical (unpaired) electrons. The maximum absolute atomic E-state index is 13.5. The lowest BCUT2D eigenvalue weighted by molar-refractivity contribution is -0.121. The van der Waals surface area contributed by atoms with Gasteiger partial charge in [0.2, 0.25) is 51.8 Å². The molecule has 4 aliphatic carbocycles. The molecule has 5 aromatic heterocycles. The Hall–Kier alpha value is -12.6. The fourth-order valence-corrected chi connectivity index (χ4v) is 29.0. The Balaban J connectivity index is 0.000000144. The van der Waals surface area contributed by atoms with Crippen LogP contribution in [0.2, 0.25) is 5.02 Å². The number of pyridine rings is 4. The molecule has 13 aromatic rings. The van der Waals surface area contributed by atoms with Gasteiger partial charge >= 0.3 is 0 Å². The van der Waals surface area contributed by atoms with Gasteiger partial charge in [-0.25, -0.2) is 38.7 Å². The zero-order valence-electron chi connectivity index (χ0n) is 83.9. The molecule has 0 bridgehead atoms. The number of nitrogens with one attached hydrogen (secondary N) is 1. The smallest absolute Gasteiger partial charge is 0.246 e. The van der Waals surface area contributed by atoms with Crippen molar-refractivity contribution >= 4 is 91.7 Å². The second-order valence-electron chi connectivity index (χ2n) is 40.9. The summed E-state index contributed by atoms with van der Waals surface area (Å²) in [5.74, 6) is 2.90. The van der Waals surface area contributed by atoms with Crippen molar-refractivity contribution in [2.75, 3.05) is 65.0 Å². The predicted molar refractivity (Wildman–Crippen MR) is 576 cm³/mol. The number of ether oxygens (including phenoxy) is 4. The lowest BCUT2D eigenvalue weighted by Gasteiger charge is -2.23. The maximum Gasteiger partial charge on any atom is 0.246 e. The standard InChI is InChI=1S/C30H32N2O6S.C29H30N2O5S.C29H28N2O5S.C28H30ClN3O4S.4H2/c1-29(2)37-26-13-10-21(17-27(26)38-29)30(14-15-30)28(34)18-22-5-3-7-25(31-22)20-8-11-24(12-9-20)39(35,36)32-16-4-6-23(32)19-33;2*32-19-24-4-2-15-31(24)37(34,35)25-9-6-20(7-10-25)26-5-1-3-23(30-26)18-28(33)29(13-14-29)22-8-11-27-21(17-22)12-16-36-27;1-3-21-6-5-17-32(21)37(34,35)22-12-9-19(10-13-22)24-7-4-8-26(30-24)31-27(33)28(15-16-28)20-11-14-25(36-2)23(29)18-20;;;;/h3,5,7-13,17,23,33H,4,6,14-16,18-19H2,1-2H3;1,3,5-11,17,24,32H,2,4,12-16,18-19H2;1,3,5-12,16-17,24,32H,2,4,13-15,18-19H2;4,7-14,18,21H,3,5-6,15-17H2,1-2H3,(H,30,31,33);4*1H/t23-;2*24-;21-;;;;/m1110..../s1. The number of hydrogen-bond donors (Lipinski definition) is 4. The van der Waals surface area contributed by atoms with Crippen LogP contribution in [0.4, 0.5) is 5.82 Å². The van der Waals surface area contributed by atoms with Crippen molar-refractivity contribution < 1.29 is 97.2 Å². The molecule has 1 amide bonds. The second-order valence-corrected chi connectivity index (χ2v) is 48.9. The molecule has 0 unspecified atom stereocenters. The number of nitrogens with zero attached hydrogens (tertiary/aromatic N) is 8. The van der Waals surface area contributed by atoms with Gasteiger partial charge in [-0.15, -0.1) is 0 Å². The normalized spacial score (nSPS) is 20.0. The Bertz CT molecular complexity index is 7820. The van der Waals surface area contributed by atoms with E-state index < -0.39 is 67.5 Å². The molecule has 0 spiro atoms. The van der Waals surface area contributed by atoms with E-state index in [1.165, 1.54) is 18.5 Å². The number of ketones is 3. The number of halogens is 1. The summed E-state index contributed by atoms with van der Waals surface area (Å²) in [4.78, 5) is 73.3. The quantitative estimate of drug-likeness (QED) is 0.0304. The zero-order valence-corrected chi connectivity index (χ0v) is 88.0. The third-order valence-electron chi connectivity index (χ3n) is 31.1. The van der Waals surface area contributed by atoms with Crippen molar-refractivity contribution in [1.82, 2.24) is 37.2 Å². The van der Waals surface area contributed by atoms with Crippen LogP contribution in [-0.4, -0.2) is 199 Å². The first-order chi connectivity index (χ1) is 72.2. The van der Waals surface area contributed by atoms with Gasteiger partial charge in [0.15, 0.2) is 11.5 Å². The number of hydrogen-bond acceptors (Lipinski definition) is 24. The van der Waals surface area contributed by atoms with Crippen molar-refractivity contribution in [3.05, 3.63) is 305 Å². The number of aliphatic hydroxyl groups is 3. The molecule has 11 heterocycles. The lowest BCUT2D eigenvalue weighted by Crippen LogP contribution is -2.37. The van der Waals surface area contributed by atoms with E-state index in [0.29, 0.717) is 120 Å². The first kappa shape index (κ1) is 104. The second kappa shape index (κ2) is 42.6. The summed E-state index contributed by atoms with van der Waals surface area (Å²) in [5.41, 5.74) is 11.7. The molecular formula is C116H128ClN9O20S4. The Labute approximate surface area is 885 Å². The van der Waals surface area contributed by atoms with Gasteiger partial charge in [-0.2, -0.15) is 17.2 Å². The van der Waals surface area contributed by atoms with Crippen LogP contribution in [0.5, 0.6) is 23.0 Å². The lowest BCUT2D eigenvalue weighted by atomic mass is 9.87. The highest BCUT2D eigenvalue weighted by Gasteiger charge is 2.55. The van der Waals surface area contributed by atoms with Crippen LogP contribution in [0.3, 0.4) is 0 Å². The van der Waals surface area contributed by atoms with Crippen LogP contribution >= 0.6 is 11.6 Å². The Morgan fingerprint density at radius 3 is 1.19 bits per heavy atom. The highest BCUT2D eigenvalue weighted by molar-refractivity contribution is 7.90. The summed E-state index contributed by atoms with van der Waals surface area (Å²) in [6.07, 6.45) is 16.5. The number of fused-ring (bicyclic) bond motifs is 3. The molecule has 4 atom stereocenters. The van der Waals surface area contributed by atoms with Crippen LogP contribution in [-0.2, 0) is 107 Å². The van der Waals surface area contributed by atoms with E-state index in [2.05, 4.69) is 16.4 Å². The van der Waals surface area contributed by atoms with Crippen molar-refractivity contribution in [1.29, 1.82) is 0 Å². The summed E-state index contributed by atoms with van der Waals surface area (Å²) in [6, 6.07) is 73.2. The molecule has 34 heteroatoms. The number of amides is 1. The van der Waals surface area contributed by atoms with E-state index in [0.717, 1.165) is 158 Å². The monoisotopic (exact) mass is 2130 g/mol. The minimum absolute atomic E-state index is 0. The van der Waals surface area contributed by atoms with Gasteiger partial charge in [0.25, 0.3) is 0 Å². The molecular weight excluding hydrogens is 2000 g/mol. The van der Waals surface area contributed by atoms with E-state index >= 15 is 0 Å². The van der Waals surface area contributed by atoms with E-state index in [-0.39, 0.29) is 112 Å². The molecule has 6 aliphatic heterocycles. The van der Waals surface area contributed by atoms with E-state index in [9.17, 15) is 68.2 Å². The van der Waals surface area contributed by atoms with Gasteiger partial charge in [-0.1, -0.05) is 122 Å². The van der Waals surface area contributed by atoms with E-state index in [1.807, 2.05) is 148 Å². The number of Topliss-reactive ketones (excluding diaryl/α,β-unsaturated/α-hetero) is 3. The Morgan fingerprint density at radius 2 is 0.787 bits per heavy atom. The van der Waals surface area contributed by atoms with Crippen LogP contribution in [0.15, 0.2) is 279 Å². The SMILES string of the molecule is CC1(C)Oc2ccc(C3(C(=O)Cc4cccc(-c5ccc(S(=O)(=O)N6CCC[C@@H]6CO)cc5)n4)CC3)cc2O1.CC[C@H]1CCCN1S(=O)(=O)c1ccc(-c2cccc(NC(=O)C3(c4ccc(OC)c(Cl)c4)CC3)n2)cc1.O=C(Cc1cccc(-c2ccc(S(=O)(=O)N3CCC[C@@H]3CO)cc2)n1)C1(c2ccc3c(c2)CCO3)CC1.O=C(Cc1cccc(-c2ccc(S(=O)(=O)N3CCC[C@@H]3CO)cc2)n1)C1(c2ccc3occc3c2)CC1.[HH].[HH].[HH].[HH]. The minimum Gasteiger partial charge on any atom is -0.495 e. The summed E-state index contributed by atoms with van der Waals surface area (Å²) < 4.78 is 138. The highest BCUT2D eigenvalue weighted by atomic mass is 35.5. The number of methoxy groups -OCH3 is 1.